The summed E-state index contributed by atoms with van der Waals surface area (Å²) in [6.45, 7) is 6.27. The Morgan fingerprint density at radius 2 is 2.00 bits per heavy atom. The maximum Gasteiger partial charge on any atom is 0.270 e. The van der Waals surface area contributed by atoms with Gasteiger partial charge in [-0.1, -0.05) is 15.9 Å². The first-order chi connectivity index (χ1) is 9.17. The molecule has 0 radical (unpaired) electrons. The highest BCUT2D eigenvalue weighted by Gasteiger charge is 2.13. The molecule has 0 saturated carbocycles. The van der Waals surface area contributed by atoms with Crippen LogP contribution in [0, 0.1) is 10.1 Å². The first-order valence-electron chi connectivity index (χ1n) is 6.13. The third kappa shape index (κ3) is 6.12. The normalized spacial score (nSPS) is 11.2. The third-order valence-electron chi connectivity index (χ3n) is 2.28. The zero-order valence-corrected chi connectivity index (χ0v) is 13.3. The van der Waals surface area contributed by atoms with Crippen LogP contribution in [0.25, 0.3) is 0 Å². The minimum atomic E-state index is -0.444. The van der Waals surface area contributed by atoms with E-state index in [-0.39, 0.29) is 23.7 Å². The fraction of sp³-hybridized carbons (Fsp3) is 0.462. The molecule has 0 aliphatic heterocycles. The van der Waals surface area contributed by atoms with Gasteiger partial charge in [-0.3, -0.25) is 14.9 Å². The van der Waals surface area contributed by atoms with Gasteiger partial charge in [0, 0.05) is 28.7 Å². The highest BCUT2D eigenvalue weighted by molar-refractivity contribution is 9.10. The molecule has 1 amide bonds. The van der Waals surface area contributed by atoms with Crippen LogP contribution in [0.15, 0.2) is 22.7 Å². The third-order valence-corrected chi connectivity index (χ3v) is 2.74. The first-order valence-corrected chi connectivity index (χ1v) is 6.92. The number of hydrogen-bond donors (Lipinski definition) is 2. The van der Waals surface area contributed by atoms with Crippen molar-refractivity contribution in [3.63, 3.8) is 0 Å². The van der Waals surface area contributed by atoms with Crippen molar-refractivity contribution in [2.75, 3.05) is 6.54 Å². The van der Waals surface area contributed by atoms with Crippen LogP contribution in [0.2, 0.25) is 0 Å². The minimum absolute atomic E-state index is 0.0234. The number of non-ortho nitro benzene ring substituents is 1. The maximum atomic E-state index is 11.6. The van der Waals surface area contributed by atoms with Crippen LogP contribution in [0.5, 0.6) is 0 Å². The highest BCUT2D eigenvalue weighted by atomic mass is 79.9. The molecule has 0 heterocycles. The Morgan fingerprint density at radius 3 is 2.55 bits per heavy atom. The van der Waals surface area contributed by atoms with E-state index in [9.17, 15) is 14.9 Å². The van der Waals surface area contributed by atoms with Crippen molar-refractivity contribution >= 4 is 27.5 Å². The quantitative estimate of drug-likeness (QED) is 0.634. The van der Waals surface area contributed by atoms with Gasteiger partial charge >= 0.3 is 0 Å². The molecule has 1 aromatic carbocycles. The van der Waals surface area contributed by atoms with Gasteiger partial charge in [0.05, 0.1) is 11.5 Å². The van der Waals surface area contributed by atoms with Crippen molar-refractivity contribution in [1.82, 2.24) is 10.6 Å². The van der Waals surface area contributed by atoms with Crippen molar-refractivity contribution in [2.24, 2.45) is 0 Å². The second-order valence-electron chi connectivity index (χ2n) is 5.48. The summed E-state index contributed by atoms with van der Waals surface area (Å²) in [5.41, 5.74) is 0.498. The molecular formula is C13H18BrN3O3. The molecule has 2 N–H and O–H groups in total. The molecule has 7 heteroatoms. The van der Waals surface area contributed by atoms with E-state index in [4.69, 9.17) is 0 Å². The van der Waals surface area contributed by atoms with E-state index < -0.39 is 4.92 Å². The lowest BCUT2D eigenvalue weighted by Gasteiger charge is -2.20. The number of carbonyl (C=O) groups excluding carboxylic acids is 1. The molecule has 1 rings (SSSR count). The summed E-state index contributed by atoms with van der Waals surface area (Å²) in [7, 11) is 0. The van der Waals surface area contributed by atoms with E-state index in [0.717, 1.165) is 5.56 Å². The number of nitro groups is 1. The summed E-state index contributed by atoms with van der Waals surface area (Å²) in [4.78, 5) is 21.9. The van der Waals surface area contributed by atoms with Crippen LogP contribution in [-0.2, 0) is 11.3 Å². The first kappa shape index (κ1) is 16.6. The topological polar surface area (TPSA) is 84.3 Å². The van der Waals surface area contributed by atoms with Crippen molar-refractivity contribution < 1.29 is 9.72 Å². The van der Waals surface area contributed by atoms with E-state index in [1.807, 2.05) is 20.8 Å². The summed E-state index contributed by atoms with van der Waals surface area (Å²) in [6.07, 6.45) is 0. The molecule has 0 aliphatic rings. The van der Waals surface area contributed by atoms with Gasteiger partial charge in [-0.15, -0.1) is 0 Å². The van der Waals surface area contributed by atoms with Gasteiger partial charge in [-0.05, 0) is 32.4 Å². The van der Waals surface area contributed by atoms with Crippen LogP contribution in [0.1, 0.15) is 26.3 Å². The zero-order chi connectivity index (χ0) is 15.3. The van der Waals surface area contributed by atoms with E-state index in [1.165, 1.54) is 12.1 Å². The molecule has 6 nitrogen and oxygen atoms in total. The van der Waals surface area contributed by atoms with Crippen LogP contribution in [0.4, 0.5) is 5.69 Å². The Morgan fingerprint density at radius 1 is 1.35 bits per heavy atom. The van der Waals surface area contributed by atoms with Crippen molar-refractivity contribution in [3.8, 4) is 0 Å². The fourth-order valence-corrected chi connectivity index (χ4v) is 2.15. The molecule has 0 unspecified atom stereocenters. The summed E-state index contributed by atoms with van der Waals surface area (Å²) in [6, 6.07) is 4.71. The summed E-state index contributed by atoms with van der Waals surface area (Å²) < 4.78 is 0.641. The Kier molecular flexibility index (Phi) is 5.64. The predicted molar refractivity (Wildman–Crippen MR) is 80.4 cm³/mol. The number of carbonyl (C=O) groups is 1. The Balaban J connectivity index is 2.54. The standard InChI is InChI=1S/C13H18BrN3O3/c1-13(2,3)16-12(18)8-15-7-9-4-10(14)6-11(5-9)17(19)20/h4-6,15H,7-8H2,1-3H3,(H,16,18). The van der Waals surface area contributed by atoms with Gasteiger partial charge < -0.3 is 10.6 Å². The molecule has 0 bridgehead atoms. The number of hydrogen-bond acceptors (Lipinski definition) is 4. The van der Waals surface area contributed by atoms with Crippen LogP contribution >= 0.6 is 15.9 Å². The van der Waals surface area contributed by atoms with Gasteiger partial charge in [-0.25, -0.2) is 0 Å². The molecule has 0 aliphatic carbocycles. The summed E-state index contributed by atoms with van der Waals surface area (Å²) in [5.74, 6) is -0.109. The average Bonchev–Trinajstić information content (AvgIpc) is 2.25. The minimum Gasteiger partial charge on any atom is -0.350 e. The second kappa shape index (κ2) is 6.81. The molecule has 20 heavy (non-hydrogen) atoms. The smallest absolute Gasteiger partial charge is 0.270 e. The lowest BCUT2D eigenvalue weighted by molar-refractivity contribution is -0.385. The lowest BCUT2D eigenvalue weighted by Crippen LogP contribution is -2.44. The molecule has 0 saturated heterocycles. The number of nitrogens with one attached hydrogen (secondary N) is 2. The lowest BCUT2D eigenvalue weighted by atomic mass is 10.1. The van der Waals surface area contributed by atoms with E-state index in [2.05, 4.69) is 26.6 Å². The monoisotopic (exact) mass is 343 g/mol. The Labute approximate surface area is 126 Å². The number of nitrogens with zero attached hydrogens (tertiary/aromatic N) is 1. The van der Waals surface area contributed by atoms with E-state index in [0.29, 0.717) is 11.0 Å². The summed E-state index contributed by atoms with van der Waals surface area (Å²) >= 11 is 3.23. The van der Waals surface area contributed by atoms with Gasteiger partial charge in [0.25, 0.3) is 5.69 Å². The van der Waals surface area contributed by atoms with Crippen LogP contribution in [-0.4, -0.2) is 22.9 Å². The molecule has 0 atom stereocenters. The molecular weight excluding hydrogens is 326 g/mol. The average molecular weight is 344 g/mol. The zero-order valence-electron chi connectivity index (χ0n) is 11.7. The number of nitro benzene ring substituents is 1. The number of benzene rings is 1. The van der Waals surface area contributed by atoms with Gasteiger partial charge in [0.2, 0.25) is 5.91 Å². The number of halogens is 1. The molecule has 110 valence electrons. The molecule has 0 aromatic heterocycles. The van der Waals surface area contributed by atoms with Gasteiger partial charge in [-0.2, -0.15) is 0 Å². The van der Waals surface area contributed by atoms with Gasteiger partial charge in [0.1, 0.15) is 0 Å². The molecule has 0 fully saturated rings. The van der Waals surface area contributed by atoms with Gasteiger partial charge in [0.15, 0.2) is 0 Å². The fourth-order valence-electron chi connectivity index (χ4n) is 1.62. The predicted octanol–water partition coefficient (Wildman–Crippen LogP) is 2.36. The highest BCUT2D eigenvalue weighted by Crippen LogP contribution is 2.21. The Bertz CT molecular complexity index is 512. The van der Waals surface area contributed by atoms with Crippen LogP contribution < -0.4 is 10.6 Å². The van der Waals surface area contributed by atoms with Crippen molar-refractivity contribution in [2.45, 2.75) is 32.9 Å². The molecule has 0 spiro atoms. The van der Waals surface area contributed by atoms with E-state index >= 15 is 0 Å². The summed E-state index contributed by atoms with van der Waals surface area (Å²) in [5, 5.41) is 16.5. The maximum absolute atomic E-state index is 11.6. The number of rotatable bonds is 5. The van der Waals surface area contributed by atoms with Crippen molar-refractivity contribution in [1.29, 1.82) is 0 Å². The van der Waals surface area contributed by atoms with E-state index in [1.54, 1.807) is 6.07 Å². The van der Waals surface area contributed by atoms with Crippen LogP contribution in [0.3, 0.4) is 0 Å². The van der Waals surface area contributed by atoms with Crippen molar-refractivity contribution in [3.05, 3.63) is 38.3 Å². The number of amides is 1. The Hall–Kier alpha value is -1.47. The largest absolute Gasteiger partial charge is 0.350 e. The molecule has 1 aromatic rings. The SMILES string of the molecule is CC(C)(C)NC(=O)CNCc1cc(Br)cc([N+](=O)[O-])c1. The second-order valence-corrected chi connectivity index (χ2v) is 6.39.